The monoisotopic (exact) mass is 754 g/mol. The quantitative estimate of drug-likeness (QED) is 0.0420. The summed E-state index contributed by atoms with van der Waals surface area (Å²) < 4.78 is 39.1. The second-order valence-electron chi connectivity index (χ2n) is 14.3. The van der Waals surface area contributed by atoms with Gasteiger partial charge in [-0.3, -0.25) is 0 Å². The highest BCUT2D eigenvalue weighted by atomic mass is 16.7. The third-order valence-corrected chi connectivity index (χ3v) is 10.3. The van der Waals surface area contributed by atoms with E-state index in [9.17, 15) is 4.79 Å². The number of rotatable bonds is 21. The number of methoxy groups -OCH3 is 1. The van der Waals surface area contributed by atoms with Crippen LogP contribution in [-0.4, -0.2) is 51.0 Å². The van der Waals surface area contributed by atoms with Crippen molar-refractivity contribution < 1.29 is 33.2 Å². The molecule has 7 heteroatoms. The molecule has 0 unspecified atom stereocenters. The van der Waals surface area contributed by atoms with E-state index in [1.165, 1.54) is 11.1 Å². The maximum Gasteiger partial charge on any atom is 0.225 e. The van der Waals surface area contributed by atoms with Gasteiger partial charge in [0.15, 0.2) is 6.29 Å². The van der Waals surface area contributed by atoms with E-state index in [1.54, 1.807) is 13.2 Å². The zero-order valence-electron chi connectivity index (χ0n) is 32.6. The van der Waals surface area contributed by atoms with Crippen molar-refractivity contribution in [1.29, 1.82) is 0 Å². The molecule has 0 radical (unpaired) electrons. The van der Waals surface area contributed by atoms with Crippen molar-refractivity contribution in [1.82, 2.24) is 0 Å². The fourth-order valence-electron chi connectivity index (χ4n) is 7.22. The molecule has 5 atom stereocenters. The van der Waals surface area contributed by atoms with Gasteiger partial charge < -0.3 is 33.2 Å². The van der Waals surface area contributed by atoms with E-state index in [1.807, 2.05) is 97.1 Å². The summed E-state index contributed by atoms with van der Waals surface area (Å²) in [4.78, 5) is 13.1. The van der Waals surface area contributed by atoms with Gasteiger partial charge in [0.25, 0.3) is 0 Å². The molecule has 1 saturated heterocycles. The van der Waals surface area contributed by atoms with Crippen LogP contribution in [0.1, 0.15) is 57.3 Å². The lowest BCUT2D eigenvalue weighted by atomic mass is 9.85. The Morgan fingerprint density at radius 2 is 1.25 bits per heavy atom. The molecule has 1 heterocycles. The number of unbranched alkanes of at least 4 members (excludes halogenated alkanes) is 1. The van der Waals surface area contributed by atoms with Gasteiger partial charge >= 0.3 is 0 Å². The molecule has 0 N–H and O–H groups in total. The van der Waals surface area contributed by atoms with Crippen LogP contribution in [0.2, 0.25) is 0 Å². The number of aryl methyl sites for hydroxylation is 2. The van der Waals surface area contributed by atoms with Crippen LogP contribution in [0, 0.1) is 6.92 Å². The van der Waals surface area contributed by atoms with Gasteiger partial charge in [-0.1, -0.05) is 133 Å². The lowest BCUT2D eigenvalue weighted by molar-refractivity contribution is -0.373. The van der Waals surface area contributed by atoms with E-state index in [-0.39, 0.29) is 19.8 Å². The van der Waals surface area contributed by atoms with Gasteiger partial charge in [-0.2, -0.15) is 0 Å². The summed E-state index contributed by atoms with van der Waals surface area (Å²) in [5.41, 5.74) is 8.41. The first-order valence-electron chi connectivity index (χ1n) is 19.5. The van der Waals surface area contributed by atoms with Gasteiger partial charge in [0.2, 0.25) is 5.79 Å². The Bertz CT molecular complexity index is 1920. The highest BCUT2D eigenvalue weighted by molar-refractivity contribution is 5.58. The summed E-state index contributed by atoms with van der Waals surface area (Å²) in [5, 5.41) is 0. The Kier molecular flexibility index (Phi) is 15.3. The Morgan fingerprint density at radius 1 is 0.679 bits per heavy atom. The van der Waals surface area contributed by atoms with Crippen molar-refractivity contribution in [3.8, 4) is 0 Å². The first-order chi connectivity index (χ1) is 27.5. The van der Waals surface area contributed by atoms with Crippen molar-refractivity contribution in [2.75, 3.05) is 20.3 Å². The van der Waals surface area contributed by atoms with Gasteiger partial charge in [-0.25, -0.2) is 0 Å². The molecule has 56 heavy (non-hydrogen) atoms. The summed E-state index contributed by atoms with van der Waals surface area (Å²) in [5.74, 6) is -1.52. The molecular weight excluding hydrogens is 701 g/mol. The molecule has 0 spiro atoms. The average molecular weight is 755 g/mol. The zero-order chi connectivity index (χ0) is 39.0. The van der Waals surface area contributed by atoms with Crippen LogP contribution in [0.25, 0.3) is 0 Å². The molecule has 0 aliphatic carbocycles. The van der Waals surface area contributed by atoms with Crippen LogP contribution >= 0.6 is 0 Å². The second-order valence-corrected chi connectivity index (χ2v) is 14.3. The highest BCUT2D eigenvalue weighted by Crippen LogP contribution is 2.44. The third-order valence-electron chi connectivity index (χ3n) is 10.3. The van der Waals surface area contributed by atoms with E-state index < -0.39 is 30.2 Å². The minimum atomic E-state index is -1.52. The van der Waals surface area contributed by atoms with Crippen molar-refractivity contribution in [3.63, 3.8) is 0 Å². The van der Waals surface area contributed by atoms with Crippen LogP contribution in [0.4, 0.5) is 0 Å². The van der Waals surface area contributed by atoms with Gasteiger partial charge in [-0.05, 0) is 77.6 Å². The van der Waals surface area contributed by atoms with E-state index in [2.05, 4.69) is 49.9 Å². The molecular formula is C49H54O7. The average Bonchev–Trinajstić information content (AvgIpc) is 3.25. The molecule has 1 aliphatic heterocycles. The summed E-state index contributed by atoms with van der Waals surface area (Å²) in [6, 6.07) is 44.9. The van der Waals surface area contributed by atoms with Crippen LogP contribution < -0.4 is 0 Å². The Morgan fingerprint density at radius 3 is 1.82 bits per heavy atom. The number of carbonyl (C=O) groups is 1. The van der Waals surface area contributed by atoms with Crippen LogP contribution in [0.3, 0.4) is 0 Å². The third kappa shape index (κ3) is 10.8. The van der Waals surface area contributed by atoms with Gasteiger partial charge in [0.1, 0.15) is 24.4 Å². The summed E-state index contributed by atoms with van der Waals surface area (Å²) in [7, 11) is 1.60. The maximum atomic E-state index is 13.1. The Hall–Kier alpha value is -4.73. The minimum absolute atomic E-state index is 0.257. The van der Waals surface area contributed by atoms with Gasteiger partial charge in [0.05, 0.1) is 26.4 Å². The molecule has 6 rings (SSSR count). The molecule has 7 nitrogen and oxygen atoms in total. The summed E-state index contributed by atoms with van der Waals surface area (Å²) in [6.45, 7) is 7.95. The smallest absolute Gasteiger partial charge is 0.225 e. The molecule has 0 bridgehead atoms. The lowest BCUT2D eigenvalue weighted by Gasteiger charge is -2.51. The lowest BCUT2D eigenvalue weighted by Crippen LogP contribution is -2.65. The van der Waals surface area contributed by atoms with Crippen LogP contribution in [-0.2, 0) is 71.7 Å². The maximum absolute atomic E-state index is 13.1. The van der Waals surface area contributed by atoms with Crippen molar-refractivity contribution >= 4 is 6.29 Å². The normalized spacial score (nSPS) is 20.8. The number of ether oxygens (including phenoxy) is 6. The minimum Gasteiger partial charge on any atom is -0.377 e. The topological polar surface area (TPSA) is 72.5 Å². The molecule has 5 aromatic carbocycles. The first kappa shape index (κ1) is 40.9. The van der Waals surface area contributed by atoms with Crippen LogP contribution in [0.5, 0.6) is 0 Å². The molecule has 1 aliphatic rings. The fourth-order valence-corrected chi connectivity index (χ4v) is 7.22. The summed E-state index contributed by atoms with van der Waals surface area (Å²) >= 11 is 0. The van der Waals surface area contributed by atoms with E-state index in [0.29, 0.717) is 13.0 Å². The predicted octanol–water partition coefficient (Wildman–Crippen LogP) is 9.26. The van der Waals surface area contributed by atoms with E-state index in [0.717, 1.165) is 65.5 Å². The summed E-state index contributed by atoms with van der Waals surface area (Å²) in [6.07, 6.45) is 2.94. The number of hydrogen-bond donors (Lipinski definition) is 0. The van der Waals surface area contributed by atoms with Gasteiger partial charge in [-0.15, -0.1) is 6.58 Å². The van der Waals surface area contributed by atoms with Crippen molar-refractivity contribution in [2.45, 2.75) is 82.6 Å². The first-order valence-corrected chi connectivity index (χ1v) is 19.5. The molecule has 1 fully saturated rings. The largest absolute Gasteiger partial charge is 0.377 e. The standard InChI is InChI=1S/C49H54O7/c1-4-29-52-30-15-14-16-38-24-26-39(27-25-38)31-43-32-44(28-23-37(43)2)49(51-3)48(55-36-42-21-12-7-13-22-42)47(54-35-41-19-10-6-11-20-41)46(45(33-50)56-49)53-34-40-17-8-5-9-18-40/h4-13,17-28,32-33,45-48H,1,14-16,29-31,34-36H2,2-3H3/t45-,46-,47+,48-,49+/m1/s1. The molecule has 292 valence electrons. The highest BCUT2D eigenvalue weighted by Gasteiger charge is 2.58. The molecule has 5 aromatic rings. The van der Waals surface area contributed by atoms with Gasteiger partial charge in [0, 0.05) is 19.3 Å². The molecule has 0 amide bonds. The van der Waals surface area contributed by atoms with E-state index in [4.69, 9.17) is 28.4 Å². The fraction of sp³-hybridized carbons (Fsp3) is 0.327. The molecule has 0 aromatic heterocycles. The second kappa shape index (κ2) is 21.0. The SMILES string of the molecule is C=CCOCCCCc1ccc(Cc2cc([C@]3(OC)O[C@H](C=O)[C@@H](OCc4ccccc4)[C@H](OCc4ccccc4)[C@H]3OCc3ccccc3)ccc2C)cc1. The Balaban J connectivity index is 1.32. The predicted molar refractivity (Wildman–Crippen MR) is 219 cm³/mol. The Labute approximate surface area is 332 Å². The van der Waals surface area contributed by atoms with Crippen LogP contribution in [0.15, 0.2) is 146 Å². The van der Waals surface area contributed by atoms with Crippen molar-refractivity contribution in [3.05, 3.63) is 191 Å². The van der Waals surface area contributed by atoms with E-state index >= 15 is 0 Å². The number of carbonyl (C=O) groups excluding carboxylic acids is 1. The number of benzene rings is 5. The number of hydrogen-bond acceptors (Lipinski definition) is 7. The van der Waals surface area contributed by atoms with Crippen molar-refractivity contribution in [2.24, 2.45) is 0 Å². The molecule has 0 saturated carbocycles. The zero-order valence-corrected chi connectivity index (χ0v) is 32.6. The number of aldehydes is 1.